The third kappa shape index (κ3) is 6.90. The zero-order valence-electron chi connectivity index (χ0n) is 12.7. The van der Waals surface area contributed by atoms with Gasteiger partial charge in [0.05, 0.1) is 12.0 Å². The van der Waals surface area contributed by atoms with Crippen LogP contribution in [0, 0.1) is 0 Å². The first-order valence-corrected chi connectivity index (χ1v) is 7.02. The number of aliphatic carboxylic acids is 1. The highest BCUT2D eigenvalue weighted by Crippen LogP contribution is 2.10. The molecule has 23 heavy (non-hydrogen) atoms. The van der Waals surface area contributed by atoms with E-state index in [1.807, 2.05) is 0 Å². The fourth-order valence-electron chi connectivity index (χ4n) is 1.83. The molecule has 0 heterocycles. The lowest BCUT2D eigenvalue weighted by Crippen LogP contribution is -2.40. The Balaban J connectivity index is 2.51. The van der Waals surface area contributed by atoms with Crippen molar-refractivity contribution in [3.05, 3.63) is 29.8 Å². The molecule has 0 bridgehead atoms. The fourth-order valence-corrected chi connectivity index (χ4v) is 1.83. The molecule has 126 valence electrons. The number of hydrogen-bond acceptors (Lipinski definition) is 5. The molecule has 8 nitrogen and oxygen atoms in total. The topological polar surface area (TPSA) is 125 Å². The van der Waals surface area contributed by atoms with E-state index in [2.05, 4.69) is 10.6 Å². The monoisotopic (exact) mass is 324 g/mol. The first-order chi connectivity index (χ1) is 10.9. The van der Waals surface area contributed by atoms with Crippen LogP contribution in [-0.2, 0) is 14.3 Å². The number of amides is 1. The van der Waals surface area contributed by atoms with E-state index in [1.165, 1.54) is 24.3 Å². The molecule has 0 unspecified atom stereocenters. The molecule has 0 aliphatic rings. The Kier molecular flexibility index (Phi) is 7.72. The SMILES string of the molecule is COCCCN[C@@H](CC(=O)Nc1ccc(C(=O)O)cc1)C(=O)O. The highest BCUT2D eigenvalue weighted by molar-refractivity contribution is 5.94. The van der Waals surface area contributed by atoms with Gasteiger partial charge in [-0.25, -0.2) is 4.79 Å². The van der Waals surface area contributed by atoms with Gasteiger partial charge in [0.2, 0.25) is 5.91 Å². The Morgan fingerprint density at radius 3 is 2.35 bits per heavy atom. The average molecular weight is 324 g/mol. The number of carbonyl (C=O) groups is 3. The third-order valence-corrected chi connectivity index (χ3v) is 3.02. The summed E-state index contributed by atoms with van der Waals surface area (Å²) in [7, 11) is 1.55. The van der Waals surface area contributed by atoms with Gasteiger partial charge in [-0.1, -0.05) is 0 Å². The zero-order valence-corrected chi connectivity index (χ0v) is 12.7. The van der Waals surface area contributed by atoms with Crippen molar-refractivity contribution >= 4 is 23.5 Å². The van der Waals surface area contributed by atoms with Gasteiger partial charge in [0.1, 0.15) is 6.04 Å². The van der Waals surface area contributed by atoms with Crippen molar-refractivity contribution in [1.82, 2.24) is 5.32 Å². The molecule has 0 aliphatic carbocycles. The van der Waals surface area contributed by atoms with Crippen LogP contribution in [0.2, 0.25) is 0 Å². The molecule has 4 N–H and O–H groups in total. The molecule has 1 rings (SSSR count). The minimum Gasteiger partial charge on any atom is -0.480 e. The Hall–Kier alpha value is -2.45. The number of nitrogens with one attached hydrogen (secondary N) is 2. The van der Waals surface area contributed by atoms with Gasteiger partial charge in [-0.05, 0) is 37.2 Å². The molecule has 0 saturated carbocycles. The molecule has 0 fully saturated rings. The van der Waals surface area contributed by atoms with E-state index >= 15 is 0 Å². The normalized spacial score (nSPS) is 11.7. The Bertz CT molecular complexity index is 543. The van der Waals surface area contributed by atoms with Crippen LogP contribution >= 0.6 is 0 Å². The molecule has 1 aromatic rings. The summed E-state index contributed by atoms with van der Waals surface area (Å²) < 4.78 is 4.86. The zero-order chi connectivity index (χ0) is 17.2. The molecule has 0 spiro atoms. The molecule has 1 atom stereocenters. The quantitative estimate of drug-likeness (QED) is 0.469. The predicted octanol–water partition coefficient (Wildman–Crippen LogP) is 0.793. The molecule has 1 amide bonds. The standard InChI is InChI=1S/C15H20N2O6/c1-23-8-2-7-16-12(15(21)22)9-13(18)17-11-5-3-10(4-6-11)14(19)20/h3-6,12,16H,2,7-9H2,1H3,(H,17,18)(H,19,20)(H,21,22)/t12-/m0/s1. The van der Waals surface area contributed by atoms with Gasteiger partial charge in [0.15, 0.2) is 0 Å². The minimum absolute atomic E-state index is 0.103. The van der Waals surface area contributed by atoms with E-state index < -0.39 is 23.9 Å². The van der Waals surface area contributed by atoms with Gasteiger partial charge in [-0.2, -0.15) is 0 Å². The van der Waals surface area contributed by atoms with Crippen LogP contribution in [0.4, 0.5) is 5.69 Å². The van der Waals surface area contributed by atoms with Crippen LogP contribution in [-0.4, -0.2) is 54.4 Å². The van der Waals surface area contributed by atoms with Crippen molar-refractivity contribution in [1.29, 1.82) is 0 Å². The van der Waals surface area contributed by atoms with Gasteiger partial charge in [0.25, 0.3) is 0 Å². The Morgan fingerprint density at radius 2 is 1.83 bits per heavy atom. The molecule has 0 aromatic heterocycles. The summed E-state index contributed by atoms with van der Waals surface area (Å²) in [5.41, 5.74) is 0.509. The molecule has 0 aliphatic heterocycles. The van der Waals surface area contributed by atoms with Crippen LogP contribution < -0.4 is 10.6 Å². The smallest absolute Gasteiger partial charge is 0.335 e. The van der Waals surface area contributed by atoms with Crippen molar-refractivity contribution in [2.24, 2.45) is 0 Å². The second-order valence-electron chi connectivity index (χ2n) is 4.83. The third-order valence-electron chi connectivity index (χ3n) is 3.02. The van der Waals surface area contributed by atoms with Crippen LogP contribution in [0.25, 0.3) is 0 Å². The lowest BCUT2D eigenvalue weighted by atomic mass is 10.1. The molecule has 1 aromatic carbocycles. The number of carbonyl (C=O) groups excluding carboxylic acids is 1. The predicted molar refractivity (Wildman–Crippen MR) is 82.6 cm³/mol. The van der Waals surface area contributed by atoms with Gasteiger partial charge >= 0.3 is 11.9 Å². The largest absolute Gasteiger partial charge is 0.480 e. The number of aromatic carboxylic acids is 1. The van der Waals surface area contributed by atoms with E-state index in [-0.39, 0.29) is 12.0 Å². The Labute approximate surface area is 133 Å². The highest BCUT2D eigenvalue weighted by atomic mass is 16.5. The van der Waals surface area contributed by atoms with Crippen molar-refractivity contribution in [2.75, 3.05) is 25.6 Å². The van der Waals surface area contributed by atoms with Gasteiger partial charge < -0.3 is 25.6 Å². The maximum atomic E-state index is 11.9. The van der Waals surface area contributed by atoms with Gasteiger partial charge in [0, 0.05) is 19.4 Å². The summed E-state index contributed by atoms with van der Waals surface area (Å²) >= 11 is 0. The highest BCUT2D eigenvalue weighted by Gasteiger charge is 2.20. The van der Waals surface area contributed by atoms with E-state index in [9.17, 15) is 14.4 Å². The van der Waals surface area contributed by atoms with Crippen molar-refractivity contribution in [3.63, 3.8) is 0 Å². The summed E-state index contributed by atoms with van der Waals surface area (Å²) in [6.45, 7) is 0.923. The second-order valence-corrected chi connectivity index (χ2v) is 4.83. The van der Waals surface area contributed by atoms with Crippen molar-refractivity contribution < 1.29 is 29.3 Å². The van der Waals surface area contributed by atoms with Crippen LogP contribution in [0.15, 0.2) is 24.3 Å². The van der Waals surface area contributed by atoms with Crippen LogP contribution in [0.3, 0.4) is 0 Å². The minimum atomic E-state index is -1.11. The summed E-state index contributed by atoms with van der Waals surface area (Å²) in [5.74, 6) is -2.65. The first kappa shape index (κ1) is 18.6. The van der Waals surface area contributed by atoms with Crippen molar-refractivity contribution in [2.45, 2.75) is 18.9 Å². The summed E-state index contributed by atoms with van der Waals surface area (Å²) in [4.78, 5) is 33.7. The van der Waals surface area contributed by atoms with Gasteiger partial charge in [-0.3, -0.25) is 9.59 Å². The van der Waals surface area contributed by atoms with E-state index in [4.69, 9.17) is 14.9 Å². The van der Waals surface area contributed by atoms with E-state index in [1.54, 1.807) is 7.11 Å². The Morgan fingerprint density at radius 1 is 1.17 bits per heavy atom. The summed E-state index contributed by atoms with van der Waals surface area (Å²) in [6.07, 6.45) is 0.404. The number of carboxylic acids is 2. The average Bonchev–Trinajstić information content (AvgIpc) is 2.50. The number of rotatable bonds is 10. The maximum absolute atomic E-state index is 11.9. The van der Waals surface area contributed by atoms with E-state index in [0.717, 1.165) is 0 Å². The molecular weight excluding hydrogens is 304 g/mol. The molecule has 0 saturated heterocycles. The van der Waals surface area contributed by atoms with Crippen LogP contribution in [0.5, 0.6) is 0 Å². The summed E-state index contributed by atoms with van der Waals surface area (Å²) in [5, 5.41) is 23.2. The number of anilines is 1. The molecule has 8 heteroatoms. The number of benzene rings is 1. The first-order valence-electron chi connectivity index (χ1n) is 7.02. The number of methoxy groups -OCH3 is 1. The van der Waals surface area contributed by atoms with Gasteiger partial charge in [-0.15, -0.1) is 0 Å². The maximum Gasteiger partial charge on any atom is 0.335 e. The summed E-state index contributed by atoms with van der Waals surface area (Å²) in [6, 6.07) is 4.61. The van der Waals surface area contributed by atoms with Crippen LogP contribution in [0.1, 0.15) is 23.2 Å². The second kappa shape index (κ2) is 9.54. The number of ether oxygens (including phenoxy) is 1. The number of hydrogen-bond donors (Lipinski definition) is 4. The lowest BCUT2D eigenvalue weighted by Gasteiger charge is -2.14. The fraction of sp³-hybridized carbons (Fsp3) is 0.400. The number of carboxylic acid groups (broad SMARTS) is 2. The molecule has 0 radical (unpaired) electrons. The van der Waals surface area contributed by atoms with Crippen molar-refractivity contribution in [3.8, 4) is 0 Å². The lowest BCUT2D eigenvalue weighted by molar-refractivity contribution is -0.141. The molecular formula is C15H20N2O6. The van der Waals surface area contributed by atoms with E-state index in [0.29, 0.717) is 25.3 Å².